The number of nitriles is 1. The van der Waals surface area contributed by atoms with Crippen molar-refractivity contribution in [3.05, 3.63) is 79.9 Å². The zero-order chi connectivity index (χ0) is 15.4. The highest BCUT2D eigenvalue weighted by Gasteiger charge is 2.16. The molecule has 0 amide bonds. The normalized spacial score (nSPS) is 10.1. The molecule has 0 saturated heterocycles. The minimum absolute atomic E-state index is 0.0564. The Morgan fingerprint density at radius 3 is 1.38 bits per heavy atom. The van der Waals surface area contributed by atoms with Crippen molar-refractivity contribution in [1.29, 1.82) is 5.26 Å². The number of hydrogen-bond acceptors (Lipinski definition) is 5. The number of hydrogen-bond donors (Lipinski definition) is 0. The van der Waals surface area contributed by atoms with Crippen molar-refractivity contribution in [3.63, 3.8) is 0 Å². The SMILES string of the molecule is N#CC(c1ccc([N+](=O)[O-])cc1)c1ccc([N+](=O)[O-])cc1. The number of benzene rings is 2. The maximum Gasteiger partial charge on any atom is 0.269 e. The van der Waals surface area contributed by atoms with Gasteiger partial charge in [0.25, 0.3) is 11.4 Å². The standard InChI is InChI=1S/C14H9N3O4/c15-9-14(10-1-5-12(6-2-10)16(18)19)11-3-7-13(8-4-11)17(20)21/h1-8,14H. The molecule has 0 aliphatic carbocycles. The number of nitro groups is 2. The van der Waals surface area contributed by atoms with Crippen LogP contribution in [0.3, 0.4) is 0 Å². The minimum atomic E-state index is -0.633. The van der Waals surface area contributed by atoms with Crippen molar-refractivity contribution in [2.45, 2.75) is 5.92 Å². The predicted molar refractivity (Wildman–Crippen MR) is 73.6 cm³/mol. The molecule has 0 heterocycles. The Labute approximate surface area is 119 Å². The van der Waals surface area contributed by atoms with Crippen molar-refractivity contribution >= 4 is 11.4 Å². The molecule has 0 saturated carbocycles. The van der Waals surface area contributed by atoms with E-state index < -0.39 is 15.8 Å². The van der Waals surface area contributed by atoms with Crippen LogP contribution in [0, 0.1) is 31.6 Å². The molecular formula is C14H9N3O4. The molecule has 0 radical (unpaired) electrons. The number of non-ortho nitro benzene ring substituents is 2. The third-order valence-electron chi connectivity index (χ3n) is 3.00. The fraction of sp³-hybridized carbons (Fsp3) is 0.0714. The second-order valence-electron chi connectivity index (χ2n) is 4.26. The lowest BCUT2D eigenvalue weighted by atomic mass is 9.92. The van der Waals surface area contributed by atoms with Gasteiger partial charge in [0.05, 0.1) is 21.8 Å². The summed E-state index contributed by atoms with van der Waals surface area (Å²) in [6, 6.07) is 13.4. The average molecular weight is 283 g/mol. The molecule has 2 aromatic carbocycles. The molecule has 104 valence electrons. The van der Waals surface area contributed by atoms with Crippen LogP contribution in [-0.2, 0) is 0 Å². The van der Waals surface area contributed by atoms with Gasteiger partial charge in [-0.3, -0.25) is 20.2 Å². The van der Waals surface area contributed by atoms with Crippen molar-refractivity contribution in [3.8, 4) is 6.07 Å². The fourth-order valence-corrected chi connectivity index (χ4v) is 1.92. The molecule has 0 spiro atoms. The van der Waals surface area contributed by atoms with Crippen LogP contribution >= 0.6 is 0 Å². The third kappa shape index (κ3) is 3.01. The molecule has 0 atom stereocenters. The Kier molecular flexibility index (Phi) is 3.90. The molecule has 0 N–H and O–H groups in total. The van der Waals surface area contributed by atoms with Crippen LogP contribution in [0.15, 0.2) is 48.5 Å². The predicted octanol–water partition coefficient (Wildman–Crippen LogP) is 3.16. The molecule has 0 aliphatic rings. The summed E-state index contributed by atoms with van der Waals surface area (Å²) in [4.78, 5) is 20.2. The Morgan fingerprint density at radius 2 is 1.14 bits per heavy atom. The Bertz CT molecular complexity index is 660. The summed E-state index contributed by atoms with van der Waals surface area (Å²) >= 11 is 0. The first-order valence-electron chi connectivity index (χ1n) is 5.91. The topological polar surface area (TPSA) is 110 Å². The van der Waals surface area contributed by atoms with Gasteiger partial charge in [0.1, 0.15) is 0 Å². The van der Waals surface area contributed by atoms with E-state index in [0.717, 1.165) is 0 Å². The van der Waals surface area contributed by atoms with Crippen LogP contribution in [0.25, 0.3) is 0 Å². The number of nitro benzene ring substituents is 2. The first kappa shape index (κ1) is 14.1. The van der Waals surface area contributed by atoms with E-state index in [4.69, 9.17) is 0 Å². The molecule has 0 unspecified atom stereocenters. The monoisotopic (exact) mass is 283 g/mol. The van der Waals surface area contributed by atoms with Crippen LogP contribution in [0.1, 0.15) is 17.0 Å². The highest BCUT2D eigenvalue weighted by molar-refractivity contribution is 5.44. The Balaban J connectivity index is 2.33. The first-order chi connectivity index (χ1) is 10.0. The van der Waals surface area contributed by atoms with E-state index in [1.54, 1.807) is 0 Å². The van der Waals surface area contributed by atoms with Crippen LogP contribution in [0.2, 0.25) is 0 Å². The van der Waals surface area contributed by atoms with Gasteiger partial charge >= 0.3 is 0 Å². The smallest absolute Gasteiger partial charge is 0.258 e. The molecule has 0 aromatic heterocycles. The maximum atomic E-state index is 10.6. The summed E-state index contributed by atoms with van der Waals surface area (Å²) in [6.45, 7) is 0. The molecule has 2 rings (SSSR count). The highest BCUT2D eigenvalue weighted by atomic mass is 16.6. The number of nitrogens with zero attached hydrogens (tertiary/aromatic N) is 3. The minimum Gasteiger partial charge on any atom is -0.258 e. The lowest BCUT2D eigenvalue weighted by Gasteiger charge is -2.09. The first-order valence-corrected chi connectivity index (χ1v) is 5.91. The van der Waals surface area contributed by atoms with Crippen LogP contribution in [0.4, 0.5) is 11.4 Å². The molecule has 7 heteroatoms. The molecule has 0 bridgehead atoms. The summed E-state index contributed by atoms with van der Waals surface area (Å²) in [7, 11) is 0. The zero-order valence-electron chi connectivity index (χ0n) is 10.7. The van der Waals surface area contributed by atoms with E-state index in [9.17, 15) is 25.5 Å². The second kappa shape index (κ2) is 5.79. The van der Waals surface area contributed by atoms with Gasteiger partial charge in [-0.2, -0.15) is 5.26 Å². The van der Waals surface area contributed by atoms with Gasteiger partial charge in [-0.15, -0.1) is 0 Å². The maximum absolute atomic E-state index is 10.6. The van der Waals surface area contributed by atoms with E-state index in [2.05, 4.69) is 6.07 Å². The molecular weight excluding hydrogens is 274 g/mol. The van der Waals surface area contributed by atoms with Gasteiger partial charge in [0.15, 0.2) is 0 Å². The van der Waals surface area contributed by atoms with E-state index in [-0.39, 0.29) is 11.4 Å². The summed E-state index contributed by atoms with van der Waals surface area (Å²) in [5, 5.41) is 30.5. The Hall–Kier alpha value is -3.27. The van der Waals surface area contributed by atoms with Gasteiger partial charge in [-0.1, -0.05) is 24.3 Å². The average Bonchev–Trinajstić information content (AvgIpc) is 2.49. The molecule has 0 fully saturated rings. The van der Waals surface area contributed by atoms with E-state index >= 15 is 0 Å². The Morgan fingerprint density at radius 1 is 0.810 bits per heavy atom. The van der Waals surface area contributed by atoms with E-state index in [1.807, 2.05) is 0 Å². The van der Waals surface area contributed by atoms with Gasteiger partial charge < -0.3 is 0 Å². The van der Waals surface area contributed by atoms with Crippen LogP contribution < -0.4 is 0 Å². The highest BCUT2D eigenvalue weighted by Crippen LogP contribution is 2.27. The largest absolute Gasteiger partial charge is 0.269 e. The van der Waals surface area contributed by atoms with Crippen molar-refractivity contribution in [2.75, 3.05) is 0 Å². The molecule has 2 aromatic rings. The van der Waals surface area contributed by atoms with E-state index in [0.29, 0.717) is 11.1 Å². The van der Waals surface area contributed by atoms with Crippen molar-refractivity contribution in [2.24, 2.45) is 0 Å². The molecule has 7 nitrogen and oxygen atoms in total. The quantitative estimate of drug-likeness (QED) is 0.632. The molecule has 21 heavy (non-hydrogen) atoms. The van der Waals surface area contributed by atoms with E-state index in [1.165, 1.54) is 48.5 Å². The molecule has 0 aliphatic heterocycles. The summed E-state index contributed by atoms with van der Waals surface area (Å²) in [6.07, 6.45) is 0. The summed E-state index contributed by atoms with van der Waals surface area (Å²) < 4.78 is 0. The lowest BCUT2D eigenvalue weighted by molar-refractivity contribution is -0.385. The summed E-state index contributed by atoms with van der Waals surface area (Å²) in [5.41, 5.74) is 1.08. The third-order valence-corrected chi connectivity index (χ3v) is 3.00. The lowest BCUT2D eigenvalue weighted by Crippen LogP contribution is -1.99. The van der Waals surface area contributed by atoms with Gasteiger partial charge in [0.2, 0.25) is 0 Å². The van der Waals surface area contributed by atoms with Gasteiger partial charge in [-0.25, -0.2) is 0 Å². The van der Waals surface area contributed by atoms with Crippen molar-refractivity contribution < 1.29 is 9.85 Å². The second-order valence-corrected chi connectivity index (χ2v) is 4.26. The number of rotatable bonds is 4. The van der Waals surface area contributed by atoms with Gasteiger partial charge in [0, 0.05) is 24.3 Å². The van der Waals surface area contributed by atoms with Crippen LogP contribution in [0.5, 0.6) is 0 Å². The van der Waals surface area contributed by atoms with Crippen molar-refractivity contribution in [1.82, 2.24) is 0 Å². The van der Waals surface area contributed by atoms with Crippen LogP contribution in [-0.4, -0.2) is 9.85 Å². The summed E-state index contributed by atoms with van der Waals surface area (Å²) in [5.74, 6) is -0.633. The zero-order valence-corrected chi connectivity index (χ0v) is 10.7. The fourth-order valence-electron chi connectivity index (χ4n) is 1.92. The van der Waals surface area contributed by atoms with Gasteiger partial charge in [-0.05, 0) is 11.1 Å².